The first-order valence-corrected chi connectivity index (χ1v) is 7.61. The lowest BCUT2D eigenvalue weighted by atomic mass is 10.2. The molecule has 126 valence electrons. The van der Waals surface area contributed by atoms with Crippen molar-refractivity contribution in [2.45, 2.75) is 6.67 Å². The fourth-order valence-electron chi connectivity index (χ4n) is 2.75. The second-order valence-electron chi connectivity index (χ2n) is 5.68. The quantitative estimate of drug-likeness (QED) is 0.629. The van der Waals surface area contributed by atoms with Gasteiger partial charge in [-0.2, -0.15) is 0 Å². The maximum Gasteiger partial charge on any atom is 0.285 e. The van der Waals surface area contributed by atoms with E-state index in [1.807, 2.05) is 0 Å². The number of halogens is 1. The summed E-state index contributed by atoms with van der Waals surface area (Å²) in [5.74, 6) is -0.262. The van der Waals surface area contributed by atoms with E-state index < -0.39 is 4.92 Å². The van der Waals surface area contributed by atoms with Gasteiger partial charge in [-0.3, -0.25) is 24.4 Å². The summed E-state index contributed by atoms with van der Waals surface area (Å²) in [6.45, 7) is 3.24. The topological polar surface area (TPSA) is 71.6 Å². The highest BCUT2D eigenvalue weighted by Gasteiger charge is 2.18. The number of benzene rings is 1. The fourth-order valence-corrected chi connectivity index (χ4v) is 2.75. The number of rotatable bonds is 4. The van der Waals surface area contributed by atoms with E-state index in [0.29, 0.717) is 19.8 Å². The average Bonchev–Trinajstić information content (AvgIpc) is 2.58. The van der Waals surface area contributed by atoms with Gasteiger partial charge in [0.2, 0.25) is 0 Å². The summed E-state index contributed by atoms with van der Waals surface area (Å²) in [4.78, 5) is 26.4. The third-order valence-electron chi connectivity index (χ3n) is 4.10. The molecule has 2 heterocycles. The van der Waals surface area contributed by atoms with Crippen molar-refractivity contribution in [1.29, 1.82) is 0 Å². The monoisotopic (exact) mass is 332 g/mol. The van der Waals surface area contributed by atoms with Gasteiger partial charge in [0, 0.05) is 44.0 Å². The summed E-state index contributed by atoms with van der Waals surface area (Å²) >= 11 is 0. The van der Waals surface area contributed by atoms with Crippen molar-refractivity contribution < 1.29 is 9.31 Å². The van der Waals surface area contributed by atoms with Crippen LogP contribution in [0.4, 0.5) is 15.8 Å². The van der Waals surface area contributed by atoms with Gasteiger partial charge >= 0.3 is 0 Å². The van der Waals surface area contributed by atoms with E-state index in [9.17, 15) is 19.3 Å². The first-order chi connectivity index (χ1) is 11.5. The van der Waals surface area contributed by atoms with Gasteiger partial charge in [0.25, 0.3) is 11.2 Å². The van der Waals surface area contributed by atoms with E-state index in [1.54, 1.807) is 12.1 Å². The van der Waals surface area contributed by atoms with Crippen LogP contribution in [0, 0.1) is 15.9 Å². The Morgan fingerprint density at radius 3 is 2.33 bits per heavy atom. The highest BCUT2D eigenvalue weighted by Crippen LogP contribution is 2.17. The number of nitro groups is 1. The smallest absolute Gasteiger partial charge is 0.285 e. The Balaban J connectivity index is 1.63. The van der Waals surface area contributed by atoms with Crippen LogP contribution in [0.2, 0.25) is 0 Å². The van der Waals surface area contributed by atoms with Gasteiger partial charge in [0.05, 0.1) is 17.8 Å². The summed E-state index contributed by atoms with van der Waals surface area (Å²) in [5, 5.41) is 10.8. The van der Waals surface area contributed by atoms with Crippen LogP contribution in [0.25, 0.3) is 0 Å². The van der Waals surface area contributed by atoms with Crippen molar-refractivity contribution in [2.75, 3.05) is 31.1 Å². The lowest BCUT2D eigenvalue weighted by Crippen LogP contribution is -2.47. The van der Waals surface area contributed by atoms with E-state index >= 15 is 0 Å². The Morgan fingerprint density at radius 1 is 1.04 bits per heavy atom. The van der Waals surface area contributed by atoms with Crippen LogP contribution >= 0.6 is 0 Å². The molecule has 0 saturated carbocycles. The highest BCUT2D eigenvalue weighted by molar-refractivity contribution is 5.46. The predicted molar refractivity (Wildman–Crippen MR) is 87.5 cm³/mol. The molecule has 2 aromatic rings. The fraction of sp³-hybridized carbons (Fsp3) is 0.312. The molecule has 0 atom stereocenters. The largest absolute Gasteiger partial charge is 0.369 e. The van der Waals surface area contributed by atoms with Crippen LogP contribution in [0.1, 0.15) is 0 Å². The molecule has 1 saturated heterocycles. The standard InChI is InChI=1S/C16H17FN4O3/c17-13-1-3-14(4-2-13)19-9-7-18(8-10-19)12-20-11-15(21(23)24)5-6-16(20)22/h1-6,11H,7-10,12H2. The Morgan fingerprint density at radius 2 is 1.71 bits per heavy atom. The van der Waals surface area contributed by atoms with Gasteiger partial charge in [-0.25, -0.2) is 4.39 Å². The van der Waals surface area contributed by atoms with Crippen LogP contribution in [0.5, 0.6) is 0 Å². The first-order valence-electron chi connectivity index (χ1n) is 7.61. The molecule has 8 heteroatoms. The normalized spacial score (nSPS) is 15.5. The Kier molecular flexibility index (Phi) is 4.57. The van der Waals surface area contributed by atoms with Crippen LogP contribution in [-0.4, -0.2) is 40.6 Å². The van der Waals surface area contributed by atoms with Crippen LogP contribution in [0.15, 0.2) is 47.4 Å². The van der Waals surface area contributed by atoms with E-state index in [2.05, 4.69) is 9.80 Å². The molecule has 7 nitrogen and oxygen atoms in total. The number of hydrogen-bond donors (Lipinski definition) is 0. The molecular weight excluding hydrogens is 315 g/mol. The van der Waals surface area contributed by atoms with Crippen molar-refractivity contribution >= 4 is 11.4 Å². The summed E-state index contributed by atoms with van der Waals surface area (Å²) in [5.41, 5.74) is 0.602. The second kappa shape index (κ2) is 6.79. The summed E-state index contributed by atoms with van der Waals surface area (Å²) in [6.07, 6.45) is 1.27. The maximum atomic E-state index is 13.0. The molecule has 0 amide bonds. The van der Waals surface area contributed by atoms with Gasteiger partial charge in [0.1, 0.15) is 5.82 Å². The molecule has 0 bridgehead atoms. The summed E-state index contributed by atoms with van der Waals surface area (Å²) in [7, 11) is 0. The lowest BCUT2D eigenvalue weighted by Gasteiger charge is -2.36. The average molecular weight is 332 g/mol. The summed E-state index contributed by atoms with van der Waals surface area (Å²) in [6, 6.07) is 8.79. The third kappa shape index (κ3) is 3.60. The van der Waals surface area contributed by atoms with Gasteiger partial charge in [-0.1, -0.05) is 0 Å². The predicted octanol–water partition coefficient (Wildman–Crippen LogP) is 1.68. The lowest BCUT2D eigenvalue weighted by molar-refractivity contribution is -0.385. The number of aromatic nitrogens is 1. The van der Waals surface area contributed by atoms with E-state index in [0.717, 1.165) is 18.8 Å². The molecule has 1 aliphatic rings. The first kappa shape index (κ1) is 16.1. The minimum Gasteiger partial charge on any atom is -0.369 e. The SMILES string of the molecule is O=c1ccc([N+](=O)[O-])cn1CN1CCN(c2ccc(F)cc2)CC1. The van der Waals surface area contributed by atoms with E-state index in [4.69, 9.17) is 0 Å². The zero-order chi connectivity index (χ0) is 17.1. The van der Waals surface area contributed by atoms with Crippen LogP contribution in [0.3, 0.4) is 0 Å². The molecule has 1 fully saturated rings. The van der Waals surface area contributed by atoms with Gasteiger partial charge in [-0.15, -0.1) is 0 Å². The Labute approximate surface area is 137 Å². The van der Waals surface area contributed by atoms with E-state index in [1.165, 1.54) is 35.0 Å². The number of nitrogens with zero attached hydrogens (tertiary/aromatic N) is 4. The highest BCUT2D eigenvalue weighted by atomic mass is 19.1. The number of piperazine rings is 1. The Bertz CT molecular complexity index is 783. The molecule has 0 aliphatic carbocycles. The van der Waals surface area contributed by atoms with Crippen molar-refractivity contribution in [3.63, 3.8) is 0 Å². The number of pyridine rings is 1. The van der Waals surface area contributed by atoms with Gasteiger partial charge in [-0.05, 0) is 24.3 Å². The van der Waals surface area contributed by atoms with E-state index in [-0.39, 0.29) is 17.1 Å². The molecule has 0 radical (unpaired) electrons. The van der Waals surface area contributed by atoms with Crippen LogP contribution < -0.4 is 10.5 Å². The maximum absolute atomic E-state index is 13.0. The Hall–Kier alpha value is -2.74. The molecule has 3 rings (SSSR count). The van der Waals surface area contributed by atoms with Crippen molar-refractivity contribution in [3.05, 3.63) is 68.9 Å². The number of hydrogen-bond acceptors (Lipinski definition) is 5. The molecule has 0 unspecified atom stereocenters. The molecule has 0 spiro atoms. The van der Waals surface area contributed by atoms with Crippen molar-refractivity contribution in [2.24, 2.45) is 0 Å². The van der Waals surface area contributed by atoms with Crippen LogP contribution in [-0.2, 0) is 6.67 Å². The molecule has 24 heavy (non-hydrogen) atoms. The molecule has 1 aromatic heterocycles. The van der Waals surface area contributed by atoms with Crippen molar-refractivity contribution in [1.82, 2.24) is 9.47 Å². The zero-order valence-corrected chi connectivity index (χ0v) is 13.0. The molecule has 1 aromatic carbocycles. The minimum atomic E-state index is -0.511. The molecular formula is C16H17FN4O3. The zero-order valence-electron chi connectivity index (χ0n) is 13.0. The van der Waals surface area contributed by atoms with Crippen molar-refractivity contribution in [3.8, 4) is 0 Å². The molecule has 1 aliphatic heterocycles. The third-order valence-corrected chi connectivity index (χ3v) is 4.10. The van der Waals surface area contributed by atoms with Gasteiger partial charge in [0.15, 0.2) is 0 Å². The summed E-state index contributed by atoms with van der Waals surface area (Å²) < 4.78 is 14.3. The second-order valence-corrected chi connectivity index (χ2v) is 5.68. The number of anilines is 1. The molecule has 0 N–H and O–H groups in total. The minimum absolute atomic E-state index is 0.0976. The van der Waals surface area contributed by atoms with Gasteiger partial charge < -0.3 is 4.90 Å².